The third kappa shape index (κ3) is 5.74. The van der Waals surface area contributed by atoms with E-state index < -0.39 is 5.97 Å². The van der Waals surface area contributed by atoms with Crippen LogP contribution < -0.4 is 5.32 Å². The quantitative estimate of drug-likeness (QED) is 0.559. The van der Waals surface area contributed by atoms with Crippen molar-refractivity contribution in [1.82, 2.24) is 10.3 Å². The number of thiazole rings is 1. The molecule has 0 spiro atoms. The molecule has 1 amide bonds. The number of hydrogen-bond acceptors (Lipinski definition) is 5. The fraction of sp³-hybridized carbons (Fsp3) is 0.261. The average Bonchev–Trinajstić information content (AvgIpc) is 3.27. The Balaban J connectivity index is 1.47. The normalized spacial score (nSPS) is 11.7. The Morgan fingerprint density at radius 2 is 1.83 bits per heavy atom. The highest BCUT2D eigenvalue weighted by molar-refractivity contribution is 7.13. The molecule has 29 heavy (non-hydrogen) atoms. The molecule has 1 atom stereocenters. The van der Waals surface area contributed by atoms with E-state index in [9.17, 15) is 9.59 Å². The number of ether oxygens (including phenoxy) is 1. The molecule has 0 aliphatic rings. The van der Waals surface area contributed by atoms with Crippen molar-refractivity contribution in [3.63, 3.8) is 0 Å². The maximum absolute atomic E-state index is 12.2. The van der Waals surface area contributed by atoms with E-state index in [1.807, 2.05) is 49.4 Å². The SMILES string of the molecule is CCc1ccc(-c2nc(C(=O)OCC(=O)NC[C@H](C)c3ccccc3)cs2)cc1. The van der Waals surface area contributed by atoms with E-state index in [1.165, 1.54) is 16.9 Å². The highest BCUT2D eigenvalue weighted by Gasteiger charge is 2.15. The first-order valence-electron chi connectivity index (χ1n) is 9.60. The zero-order valence-corrected chi connectivity index (χ0v) is 17.4. The Morgan fingerprint density at radius 3 is 2.52 bits per heavy atom. The highest BCUT2D eigenvalue weighted by Crippen LogP contribution is 2.24. The molecule has 0 radical (unpaired) electrons. The van der Waals surface area contributed by atoms with Crippen LogP contribution in [0.25, 0.3) is 10.6 Å². The Kier molecular flexibility index (Phi) is 7.14. The molecule has 2 aromatic carbocycles. The van der Waals surface area contributed by atoms with Gasteiger partial charge in [-0.1, -0.05) is 68.4 Å². The van der Waals surface area contributed by atoms with Crippen molar-refractivity contribution >= 4 is 23.2 Å². The first-order valence-corrected chi connectivity index (χ1v) is 10.5. The van der Waals surface area contributed by atoms with Crippen LogP contribution in [0, 0.1) is 0 Å². The number of nitrogens with one attached hydrogen (secondary N) is 1. The number of nitrogens with zero attached hydrogens (tertiary/aromatic N) is 1. The van der Waals surface area contributed by atoms with E-state index in [-0.39, 0.29) is 24.1 Å². The number of aryl methyl sites for hydroxylation is 1. The maximum atomic E-state index is 12.2. The predicted molar refractivity (Wildman–Crippen MR) is 115 cm³/mol. The lowest BCUT2D eigenvalue weighted by molar-refractivity contribution is -0.124. The topological polar surface area (TPSA) is 68.3 Å². The summed E-state index contributed by atoms with van der Waals surface area (Å²) in [5.41, 5.74) is 3.57. The van der Waals surface area contributed by atoms with E-state index in [0.29, 0.717) is 6.54 Å². The molecular formula is C23H24N2O3S. The summed E-state index contributed by atoms with van der Waals surface area (Å²) >= 11 is 1.38. The van der Waals surface area contributed by atoms with Crippen LogP contribution in [0.3, 0.4) is 0 Å². The van der Waals surface area contributed by atoms with Crippen LogP contribution in [0.5, 0.6) is 0 Å². The predicted octanol–water partition coefficient (Wildman–Crippen LogP) is 4.45. The maximum Gasteiger partial charge on any atom is 0.358 e. The molecule has 0 aliphatic heterocycles. The summed E-state index contributed by atoms with van der Waals surface area (Å²) in [7, 11) is 0. The monoisotopic (exact) mass is 408 g/mol. The van der Waals surface area contributed by atoms with Gasteiger partial charge in [0, 0.05) is 17.5 Å². The molecule has 0 bridgehead atoms. The van der Waals surface area contributed by atoms with Gasteiger partial charge < -0.3 is 10.1 Å². The number of carbonyl (C=O) groups excluding carboxylic acids is 2. The minimum atomic E-state index is -0.594. The van der Waals surface area contributed by atoms with Gasteiger partial charge in [0.2, 0.25) is 0 Å². The van der Waals surface area contributed by atoms with Gasteiger partial charge in [-0.15, -0.1) is 11.3 Å². The third-order valence-corrected chi connectivity index (χ3v) is 5.52. The van der Waals surface area contributed by atoms with Gasteiger partial charge in [0.25, 0.3) is 5.91 Å². The Hall–Kier alpha value is -2.99. The van der Waals surface area contributed by atoms with Crippen LogP contribution in [0.4, 0.5) is 0 Å². The van der Waals surface area contributed by atoms with Crippen LogP contribution in [-0.4, -0.2) is 30.0 Å². The van der Waals surface area contributed by atoms with Crippen molar-refractivity contribution in [2.75, 3.05) is 13.2 Å². The molecule has 1 aromatic heterocycles. The molecule has 3 rings (SSSR count). The first kappa shape index (κ1) is 20.7. The van der Waals surface area contributed by atoms with E-state index in [2.05, 4.69) is 29.4 Å². The molecule has 6 heteroatoms. The molecule has 0 aliphatic carbocycles. The van der Waals surface area contributed by atoms with Gasteiger partial charge in [0.05, 0.1) is 0 Å². The fourth-order valence-corrected chi connectivity index (χ4v) is 3.60. The van der Waals surface area contributed by atoms with E-state index in [1.54, 1.807) is 5.38 Å². The molecule has 5 nitrogen and oxygen atoms in total. The van der Waals surface area contributed by atoms with Crippen molar-refractivity contribution in [2.24, 2.45) is 0 Å². The van der Waals surface area contributed by atoms with Crippen molar-refractivity contribution in [2.45, 2.75) is 26.2 Å². The minimum absolute atomic E-state index is 0.177. The number of benzene rings is 2. The van der Waals surface area contributed by atoms with Crippen LogP contribution in [0.2, 0.25) is 0 Å². The van der Waals surface area contributed by atoms with Crippen molar-refractivity contribution in [3.05, 3.63) is 76.8 Å². The average molecular weight is 409 g/mol. The van der Waals surface area contributed by atoms with Gasteiger partial charge in [-0.3, -0.25) is 4.79 Å². The molecule has 1 heterocycles. The summed E-state index contributed by atoms with van der Waals surface area (Å²) in [6.07, 6.45) is 0.974. The van der Waals surface area contributed by atoms with Gasteiger partial charge in [0.1, 0.15) is 5.01 Å². The van der Waals surface area contributed by atoms with Gasteiger partial charge >= 0.3 is 5.97 Å². The number of hydrogen-bond donors (Lipinski definition) is 1. The van der Waals surface area contributed by atoms with Crippen LogP contribution in [0.1, 0.15) is 41.4 Å². The summed E-state index contributed by atoms with van der Waals surface area (Å²) in [4.78, 5) is 28.5. The van der Waals surface area contributed by atoms with Crippen molar-refractivity contribution in [1.29, 1.82) is 0 Å². The lowest BCUT2D eigenvalue weighted by Gasteiger charge is -2.13. The second kappa shape index (κ2) is 9.98. The summed E-state index contributed by atoms with van der Waals surface area (Å²) in [5.74, 6) is -0.744. The van der Waals surface area contributed by atoms with Crippen molar-refractivity contribution < 1.29 is 14.3 Å². The summed E-state index contributed by atoms with van der Waals surface area (Å²) in [6, 6.07) is 18.0. The lowest BCUT2D eigenvalue weighted by atomic mass is 10.0. The van der Waals surface area contributed by atoms with Crippen molar-refractivity contribution in [3.8, 4) is 10.6 Å². The molecule has 0 fully saturated rings. The summed E-state index contributed by atoms with van der Waals surface area (Å²) < 4.78 is 5.11. The molecule has 1 N–H and O–H groups in total. The van der Waals surface area contributed by atoms with Crippen LogP contribution >= 0.6 is 11.3 Å². The molecule has 3 aromatic rings. The number of esters is 1. The standard InChI is InChI=1S/C23H24N2O3S/c1-3-17-9-11-19(12-10-17)22-25-20(15-29-22)23(27)28-14-21(26)24-13-16(2)18-7-5-4-6-8-18/h4-12,15-16H,3,13-14H2,1-2H3,(H,24,26)/t16-/m0/s1. The third-order valence-electron chi connectivity index (χ3n) is 4.63. The second-order valence-corrected chi connectivity index (χ2v) is 7.64. The zero-order chi connectivity index (χ0) is 20.6. The summed E-state index contributed by atoms with van der Waals surface area (Å²) in [5, 5.41) is 5.20. The first-order chi connectivity index (χ1) is 14.1. The van der Waals surface area contributed by atoms with Gasteiger partial charge in [-0.2, -0.15) is 0 Å². The number of amides is 1. The van der Waals surface area contributed by atoms with E-state index >= 15 is 0 Å². The van der Waals surface area contributed by atoms with Crippen LogP contribution in [0.15, 0.2) is 60.0 Å². The second-order valence-electron chi connectivity index (χ2n) is 6.78. The molecule has 0 unspecified atom stereocenters. The molecule has 0 saturated heterocycles. The number of aromatic nitrogens is 1. The lowest BCUT2D eigenvalue weighted by Crippen LogP contribution is -2.31. The Bertz CT molecular complexity index is 952. The minimum Gasteiger partial charge on any atom is -0.451 e. The zero-order valence-electron chi connectivity index (χ0n) is 16.6. The van der Waals surface area contributed by atoms with Crippen LogP contribution in [-0.2, 0) is 16.0 Å². The molecule has 150 valence electrons. The van der Waals surface area contributed by atoms with Gasteiger partial charge in [0.15, 0.2) is 12.3 Å². The summed E-state index contributed by atoms with van der Waals surface area (Å²) in [6.45, 7) is 4.30. The van der Waals surface area contributed by atoms with Gasteiger partial charge in [-0.25, -0.2) is 9.78 Å². The fourth-order valence-electron chi connectivity index (χ4n) is 2.81. The van der Waals surface area contributed by atoms with E-state index in [4.69, 9.17) is 4.74 Å². The van der Waals surface area contributed by atoms with E-state index in [0.717, 1.165) is 22.6 Å². The molecule has 0 saturated carbocycles. The molecular weight excluding hydrogens is 384 g/mol. The Morgan fingerprint density at radius 1 is 1.10 bits per heavy atom. The Labute approximate surface area is 174 Å². The largest absolute Gasteiger partial charge is 0.451 e. The number of rotatable bonds is 8. The number of carbonyl (C=O) groups is 2. The highest BCUT2D eigenvalue weighted by atomic mass is 32.1. The van der Waals surface area contributed by atoms with Gasteiger partial charge in [-0.05, 0) is 23.5 Å². The smallest absolute Gasteiger partial charge is 0.358 e.